The van der Waals surface area contributed by atoms with Crippen molar-refractivity contribution in [1.82, 2.24) is 19.7 Å². The van der Waals surface area contributed by atoms with Gasteiger partial charge in [-0.05, 0) is 49.2 Å². The molecule has 0 bridgehead atoms. The predicted molar refractivity (Wildman–Crippen MR) is 119 cm³/mol. The fourth-order valence-electron chi connectivity index (χ4n) is 3.20. The van der Waals surface area contributed by atoms with Crippen molar-refractivity contribution < 1.29 is 9.53 Å². The second kappa shape index (κ2) is 9.01. The molecule has 0 atom stereocenters. The number of aromatic amines is 1. The van der Waals surface area contributed by atoms with E-state index in [-0.39, 0.29) is 11.5 Å². The largest absolute Gasteiger partial charge is 0.493 e. The van der Waals surface area contributed by atoms with Gasteiger partial charge in [-0.1, -0.05) is 23.7 Å². The predicted octanol–water partition coefficient (Wildman–Crippen LogP) is 3.87. The Morgan fingerprint density at radius 2 is 2.10 bits per heavy atom. The molecule has 158 valence electrons. The molecule has 2 aromatic carbocycles. The number of aryl methyl sites for hydroxylation is 1. The molecule has 0 unspecified atom stereocenters. The Morgan fingerprint density at radius 3 is 2.94 bits per heavy atom. The van der Waals surface area contributed by atoms with Crippen molar-refractivity contribution >= 4 is 34.2 Å². The molecule has 0 radical (unpaired) electrons. The van der Waals surface area contributed by atoms with E-state index in [0.29, 0.717) is 46.9 Å². The highest BCUT2D eigenvalue weighted by atomic mass is 35.5. The number of rotatable bonds is 7. The third-order valence-electron chi connectivity index (χ3n) is 4.72. The van der Waals surface area contributed by atoms with Gasteiger partial charge in [0.15, 0.2) is 5.65 Å². The number of hydrogen-bond acceptors (Lipinski definition) is 5. The maximum atomic E-state index is 12.5. The van der Waals surface area contributed by atoms with Crippen LogP contribution in [-0.2, 0) is 4.79 Å². The summed E-state index contributed by atoms with van der Waals surface area (Å²) in [7, 11) is 0. The van der Waals surface area contributed by atoms with Gasteiger partial charge in [0, 0.05) is 11.4 Å². The number of hydrogen-bond donors (Lipinski definition) is 2. The first-order valence-corrected chi connectivity index (χ1v) is 10.1. The number of carbonyl (C=O) groups excluding carboxylic acids is 1. The average Bonchev–Trinajstić information content (AvgIpc) is 3.18. The Kier molecular flexibility index (Phi) is 5.99. The lowest BCUT2D eigenvalue weighted by molar-refractivity contribution is -0.116. The highest BCUT2D eigenvalue weighted by Crippen LogP contribution is 2.23. The fourth-order valence-corrected chi connectivity index (χ4v) is 3.43. The number of nitrogens with zero attached hydrogens (tertiary/aromatic N) is 3. The molecule has 0 aliphatic heterocycles. The van der Waals surface area contributed by atoms with Crippen molar-refractivity contribution in [2.24, 2.45) is 0 Å². The summed E-state index contributed by atoms with van der Waals surface area (Å²) in [5, 5.41) is 8.21. The van der Waals surface area contributed by atoms with Crippen molar-refractivity contribution in [2.45, 2.75) is 19.8 Å². The van der Waals surface area contributed by atoms with E-state index in [2.05, 4.69) is 20.4 Å². The van der Waals surface area contributed by atoms with Gasteiger partial charge in [-0.25, -0.2) is 9.67 Å². The number of aromatic nitrogens is 4. The molecule has 31 heavy (non-hydrogen) atoms. The highest BCUT2D eigenvalue weighted by molar-refractivity contribution is 6.30. The van der Waals surface area contributed by atoms with Gasteiger partial charge in [0.05, 0.1) is 30.5 Å². The molecule has 4 rings (SSSR count). The molecule has 8 nitrogen and oxygen atoms in total. The van der Waals surface area contributed by atoms with Gasteiger partial charge >= 0.3 is 0 Å². The van der Waals surface area contributed by atoms with E-state index in [1.807, 2.05) is 31.2 Å². The molecular formula is C22H20ClN5O3. The van der Waals surface area contributed by atoms with Crippen LogP contribution in [0.15, 0.2) is 59.8 Å². The van der Waals surface area contributed by atoms with Gasteiger partial charge < -0.3 is 15.0 Å². The second-order valence-electron chi connectivity index (χ2n) is 6.95. The molecular weight excluding hydrogens is 418 g/mol. The Labute approximate surface area is 182 Å². The van der Waals surface area contributed by atoms with Crippen molar-refractivity contribution in [2.75, 3.05) is 11.9 Å². The van der Waals surface area contributed by atoms with Gasteiger partial charge in [0.25, 0.3) is 5.56 Å². The molecule has 2 aromatic heterocycles. The van der Waals surface area contributed by atoms with Crippen LogP contribution in [0.2, 0.25) is 5.02 Å². The zero-order chi connectivity index (χ0) is 21.8. The lowest BCUT2D eigenvalue weighted by atomic mass is 10.2. The third-order valence-corrected chi connectivity index (χ3v) is 4.96. The van der Waals surface area contributed by atoms with E-state index in [9.17, 15) is 9.59 Å². The first-order valence-electron chi connectivity index (χ1n) is 9.72. The van der Waals surface area contributed by atoms with Crippen molar-refractivity contribution in [3.8, 4) is 11.4 Å². The van der Waals surface area contributed by atoms with Crippen LogP contribution < -0.4 is 15.6 Å². The van der Waals surface area contributed by atoms with Crippen LogP contribution in [0.25, 0.3) is 16.7 Å². The molecule has 0 saturated heterocycles. The molecule has 2 heterocycles. The van der Waals surface area contributed by atoms with E-state index in [4.69, 9.17) is 16.3 Å². The summed E-state index contributed by atoms with van der Waals surface area (Å²) < 4.78 is 7.28. The van der Waals surface area contributed by atoms with E-state index in [1.165, 1.54) is 17.2 Å². The monoisotopic (exact) mass is 437 g/mol. The molecule has 0 spiro atoms. The number of halogens is 1. The van der Waals surface area contributed by atoms with E-state index in [1.54, 1.807) is 18.2 Å². The molecule has 0 fully saturated rings. The second-order valence-corrected chi connectivity index (χ2v) is 7.39. The molecule has 1 amide bonds. The minimum atomic E-state index is -0.270. The Bertz CT molecular complexity index is 1300. The lowest BCUT2D eigenvalue weighted by Crippen LogP contribution is -2.15. The van der Waals surface area contributed by atoms with Crippen molar-refractivity contribution in [1.29, 1.82) is 0 Å². The topological polar surface area (TPSA) is 102 Å². The van der Waals surface area contributed by atoms with E-state index in [0.717, 1.165) is 11.3 Å². The maximum absolute atomic E-state index is 12.5. The quantitative estimate of drug-likeness (QED) is 0.427. The summed E-state index contributed by atoms with van der Waals surface area (Å²) in [4.78, 5) is 31.2. The normalized spacial score (nSPS) is 10.9. The standard InChI is InChI=1S/C22H20ClN5O3/c1-14-11-15(23)8-9-19(14)31-10-4-7-20(29)27-17-5-2-3-6-18(17)28-21-16(12-26-28)22(30)25-13-24-21/h2-3,5-6,8-9,11-13H,4,7,10H2,1H3,(H,27,29)(H,24,25,30). The summed E-state index contributed by atoms with van der Waals surface area (Å²) in [5.74, 6) is 0.606. The highest BCUT2D eigenvalue weighted by Gasteiger charge is 2.13. The number of fused-ring (bicyclic) bond motifs is 1. The minimum absolute atomic E-state index is 0.147. The average molecular weight is 438 g/mol. The minimum Gasteiger partial charge on any atom is -0.493 e. The third kappa shape index (κ3) is 4.59. The molecule has 9 heteroatoms. The zero-order valence-corrected chi connectivity index (χ0v) is 17.5. The van der Waals surface area contributed by atoms with Gasteiger partial charge in [0.1, 0.15) is 11.1 Å². The lowest BCUT2D eigenvalue weighted by Gasteiger charge is -2.12. The Hall–Kier alpha value is -3.65. The van der Waals surface area contributed by atoms with Crippen molar-refractivity contribution in [3.05, 3.63) is 75.9 Å². The smallest absolute Gasteiger partial charge is 0.261 e. The zero-order valence-electron chi connectivity index (χ0n) is 16.8. The fraction of sp³-hybridized carbons (Fsp3) is 0.182. The van der Waals surface area contributed by atoms with Crippen LogP contribution in [0.4, 0.5) is 5.69 Å². The summed E-state index contributed by atoms with van der Waals surface area (Å²) in [5.41, 5.74) is 2.29. The van der Waals surface area contributed by atoms with E-state index < -0.39 is 0 Å². The molecule has 0 aliphatic carbocycles. The molecule has 0 saturated carbocycles. The van der Waals surface area contributed by atoms with Crippen LogP contribution in [0.1, 0.15) is 18.4 Å². The molecule has 2 N–H and O–H groups in total. The van der Waals surface area contributed by atoms with Crippen molar-refractivity contribution in [3.63, 3.8) is 0 Å². The summed E-state index contributed by atoms with van der Waals surface area (Å²) in [6.07, 6.45) is 3.62. The SMILES string of the molecule is Cc1cc(Cl)ccc1OCCCC(=O)Nc1ccccc1-n1ncc2c(=O)[nH]cnc21. The summed E-state index contributed by atoms with van der Waals surface area (Å²) in [6.45, 7) is 2.33. The first kappa shape index (κ1) is 20.6. The van der Waals surface area contributed by atoms with Crippen LogP contribution >= 0.6 is 11.6 Å². The van der Waals surface area contributed by atoms with Crippen LogP contribution in [0.3, 0.4) is 0 Å². The maximum Gasteiger partial charge on any atom is 0.261 e. The van der Waals surface area contributed by atoms with Gasteiger partial charge in [-0.15, -0.1) is 0 Å². The van der Waals surface area contributed by atoms with Gasteiger partial charge in [-0.3, -0.25) is 9.59 Å². The number of amides is 1. The van der Waals surface area contributed by atoms with Gasteiger partial charge in [0.2, 0.25) is 5.91 Å². The van der Waals surface area contributed by atoms with Crippen LogP contribution in [-0.4, -0.2) is 32.3 Å². The number of nitrogens with one attached hydrogen (secondary N) is 2. The number of benzene rings is 2. The number of H-pyrrole nitrogens is 1. The Balaban J connectivity index is 1.41. The molecule has 0 aliphatic rings. The van der Waals surface area contributed by atoms with Gasteiger partial charge in [-0.2, -0.15) is 5.10 Å². The number of carbonyl (C=O) groups is 1. The van der Waals surface area contributed by atoms with E-state index >= 15 is 0 Å². The van der Waals surface area contributed by atoms with Crippen LogP contribution in [0, 0.1) is 6.92 Å². The van der Waals surface area contributed by atoms with Crippen LogP contribution in [0.5, 0.6) is 5.75 Å². The number of anilines is 1. The summed E-state index contributed by atoms with van der Waals surface area (Å²) >= 11 is 5.95. The first-order chi connectivity index (χ1) is 15.0. The number of para-hydroxylation sites is 2. The molecule has 4 aromatic rings. The number of ether oxygens (including phenoxy) is 1. The Morgan fingerprint density at radius 1 is 1.26 bits per heavy atom. The summed E-state index contributed by atoms with van der Waals surface area (Å²) in [6, 6.07) is 12.7.